The van der Waals surface area contributed by atoms with Gasteiger partial charge in [-0.25, -0.2) is 0 Å². The Balaban J connectivity index is 1.66. The first-order valence-corrected chi connectivity index (χ1v) is 7.96. The van der Waals surface area contributed by atoms with Crippen LogP contribution < -0.4 is 4.74 Å². The van der Waals surface area contributed by atoms with Gasteiger partial charge in [-0.1, -0.05) is 17.8 Å². The molecular formula is C14H12BrN3O2S. The molecule has 21 heavy (non-hydrogen) atoms. The minimum atomic E-state index is 0.499. The third kappa shape index (κ3) is 3.30. The number of aromatic nitrogens is 3. The molecule has 108 valence electrons. The molecule has 0 spiro atoms. The summed E-state index contributed by atoms with van der Waals surface area (Å²) in [6.45, 7) is 0. The van der Waals surface area contributed by atoms with E-state index in [2.05, 4.69) is 31.1 Å². The minimum Gasteiger partial charge on any atom is -0.496 e. The maximum absolute atomic E-state index is 5.60. The molecule has 7 heteroatoms. The van der Waals surface area contributed by atoms with E-state index in [4.69, 9.17) is 9.15 Å². The van der Waals surface area contributed by atoms with E-state index in [1.165, 1.54) is 11.8 Å². The van der Waals surface area contributed by atoms with Gasteiger partial charge >= 0.3 is 0 Å². The number of ether oxygens (including phenoxy) is 1. The number of nitrogens with zero attached hydrogens (tertiary/aromatic N) is 2. The van der Waals surface area contributed by atoms with Crippen molar-refractivity contribution in [2.24, 2.45) is 0 Å². The van der Waals surface area contributed by atoms with Gasteiger partial charge in [-0.15, -0.1) is 10.2 Å². The summed E-state index contributed by atoms with van der Waals surface area (Å²) in [5.74, 6) is 2.06. The zero-order valence-electron chi connectivity index (χ0n) is 11.2. The Labute approximate surface area is 134 Å². The summed E-state index contributed by atoms with van der Waals surface area (Å²) < 4.78 is 11.7. The second kappa shape index (κ2) is 6.36. The monoisotopic (exact) mass is 365 g/mol. The van der Waals surface area contributed by atoms with Gasteiger partial charge in [0.05, 0.1) is 11.6 Å². The zero-order valence-corrected chi connectivity index (χ0v) is 13.6. The highest BCUT2D eigenvalue weighted by molar-refractivity contribution is 9.10. The maximum Gasteiger partial charge on any atom is 0.277 e. The lowest BCUT2D eigenvalue weighted by atomic mass is 10.2. The Bertz CT molecular complexity index is 728. The first kappa shape index (κ1) is 14.2. The Kier molecular flexibility index (Phi) is 4.31. The fraction of sp³-hybridized carbons (Fsp3) is 0.143. The van der Waals surface area contributed by atoms with Crippen LogP contribution in [-0.4, -0.2) is 22.3 Å². The summed E-state index contributed by atoms with van der Waals surface area (Å²) in [5.41, 5.74) is 1.97. The molecule has 0 saturated heterocycles. The quantitative estimate of drug-likeness (QED) is 0.688. The van der Waals surface area contributed by atoms with Crippen LogP contribution in [-0.2, 0) is 5.75 Å². The van der Waals surface area contributed by atoms with Gasteiger partial charge in [0.1, 0.15) is 11.4 Å². The molecule has 0 aliphatic rings. The molecule has 1 aromatic carbocycles. The predicted octanol–water partition coefficient (Wildman–Crippen LogP) is 4.13. The molecule has 0 unspecified atom stereocenters. The van der Waals surface area contributed by atoms with Gasteiger partial charge in [0.25, 0.3) is 11.1 Å². The van der Waals surface area contributed by atoms with Gasteiger partial charge in [-0.05, 0) is 45.8 Å². The average molecular weight is 366 g/mol. The van der Waals surface area contributed by atoms with Crippen LogP contribution in [0.3, 0.4) is 0 Å². The van der Waals surface area contributed by atoms with Crippen molar-refractivity contribution in [3.8, 4) is 17.3 Å². The number of H-pyrrole nitrogens is 1. The summed E-state index contributed by atoms with van der Waals surface area (Å²) in [5, 5.41) is 8.60. The summed E-state index contributed by atoms with van der Waals surface area (Å²) in [6, 6.07) is 9.74. The van der Waals surface area contributed by atoms with Crippen LogP contribution in [0.4, 0.5) is 0 Å². The Morgan fingerprint density at radius 3 is 2.95 bits per heavy atom. The molecule has 0 aliphatic heterocycles. The topological polar surface area (TPSA) is 63.9 Å². The summed E-state index contributed by atoms with van der Waals surface area (Å²) in [4.78, 5) is 3.04. The van der Waals surface area contributed by atoms with Crippen LogP contribution in [0.2, 0.25) is 0 Å². The van der Waals surface area contributed by atoms with Crippen LogP contribution >= 0.6 is 27.7 Å². The van der Waals surface area contributed by atoms with E-state index >= 15 is 0 Å². The van der Waals surface area contributed by atoms with E-state index in [1.54, 1.807) is 7.11 Å². The lowest BCUT2D eigenvalue weighted by Crippen LogP contribution is -1.86. The molecule has 3 rings (SSSR count). The van der Waals surface area contributed by atoms with Crippen LogP contribution in [0.25, 0.3) is 11.6 Å². The van der Waals surface area contributed by atoms with Gasteiger partial charge in [0, 0.05) is 11.9 Å². The number of thioether (sulfide) groups is 1. The molecule has 0 aliphatic carbocycles. The Hall–Kier alpha value is -1.73. The first-order valence-electron chi connectivity index (χ1n) is 6.19. The van der Waals surface area contributed by atoms with Crippen molar-refractivity contribution >= 4 is 27.7 Å². The van der Waals surface area contributed by atoms with Crippen molar-refractivity contribution in [1.29, 1.82) is 0 Å². The van der Waals surface area contributed by atoms with E-state index in [0.717, 1.165) is 27.2 Å². The third-order valence-corrected chi connectivity index (χ3v) is 4.32. The molecule has 0 fully saturated rings. The number of benzene rings is 1. The van der Waals surface area contributed by atoms with Crippen LogP contribution in [0.5, 0.6) is 5.75 Å². The largest absolute Gasteiger partial charge is 0.496 e. The number of halogens is 1. The van der Waals surface area contributed by atoms with Gasteiger partial charge in [-0.3, -0.25) is 0 Å². The average Bonchev–Trinajstić information content (AvgIpc) is 3.16. The van der Waals surface area contributed by atoms with Gasteiger partial charge in [0.15, 0.2) is 0 Å². The fourth-order valence-corrected chi connectivity index (χ4v) is 3.08. The van der Waals surface area contributed by atoms with Crippen LogP contribution in [0.1, 0.15) is 5.56 Å². The second-order valence-electron chi connectivity index (χ2n) is 4.21. The molecule has 5 nitrogen and oxygen atoms in total. The smallest absolute Gasteiger partial charge is 0.277 e. The number of hydrogen-bond donors (Lipinski definition) is 1. The fourth-order valence-electron chi connectivity index (χ4n) is 1.79. The number of rotatable bonds is 5. The van der Waals surface area contributed by atoms with Crippen molar-refractivity contribution in [2.45, 2.75) is 11.0 Å². The van der Waals surface area contributed by atoms with E-state index in [9.17, 15) is 0 Å². The second-order valence-corrected chi connectivity index (χ2v) is 6.00. The highest BCUT2D eigenvalue weighted by atomic mass is 79.9. The third-order valence-electron chi connectivity index (χ3n) is 2.81. The lowest BCUT2D eigenvalue weighted by Gasteiger charge is -2.04. The molecule has 0 bridgehead atoms. The molecule has 2 aromatic heterocycles. The highest BCUT2D eigenvalue weighted by Gasteiger charge is 2.10. The molecule has 0 amide bonds. The van der Waals surface area contributed by atoms with E-state index in [-0.39, 0.29) is 0 Å². The van der Waals surface area contributed by atoms with Gasteiger partial charge in [0.2, 0.25) is 0 Å². The molecular weight excluding hydrogens is 354 g/mol. The summed E-state index contributed by atoms with van der Waals surface area (Å²) >= 11 is 4.97. The van der Waals surface area contributed by atoms with Crippen molar-refractivity contribution in [3.63, 3.8) is 0 Å². The first-order chi connectivity index (χ1) is 10.3. The number of methoxy groups -OCH3 is 1. The van der Waals surface area contributed by atoms with E-state index in [0.29, 0.717) is 11.1 Å². The molecule has 1 N–H and O–H groups in total. The van der Waals surface area contributed by atoms with E-state index in [1.807, 2.05) is 36.5 Å². The molecule has 0 radical (unpaired) electrons. The summed E-state index contributed by atoms with van der Waals surface area (Å²) in [6.07, 6.45) is 1.82. The van der Waals surface area contributed by atoms with Gasteiger partial charge in [-0.2, -0.15) is 0 Å². The standard InChI is InChI=1S/C14H12BrN3O2S/c1-19-12-5-4-9(7-10(12)15)8-21-14-18-17-13(20-14)11-3-2-6-16-11/h2-7,16H,8H2,1H3. The number of nitrogens with one attached hydrogen (secondary N) is 1. The zero-order chi connectivity index (χ0) is 14.7. The molecule has 0 atom stereocenters. The maximum atomic E-state index is 5.60. The highest BCUT2D eigenvalue weighted by Crippen LogP contribution is 2.29. The van der Waals surface area contributed by atoms with Crippen molar-refractivity contribution in [1.82, 2.24) is 15.2 Å². The van der Waals surface area contributed by atoms with Crippen molar-refractivity contribution in [3.05, 3.63) is 46.6 Å². The van der Waals surface area contributed by atoms with Crippen LogP contribution in [0.15, 0.2) is 50.6 Å². The van der Waals surface area contributed by atoms with Crippen molar-refractivity contribution < 1.29 is 9.15 Å². The van der Waals surface area contributed by atoms with Crippen molar-refractivity contribution in [2.75, 3.05) is 7.11 Å². The number of hydrogen-bond acceptors (Lipinski definition) is 5. The lowest BCUT2D eigenvalue weighted by molar-refractivity contribution is 0.412. The minimum absolute atomic E-state index is 0.499. The normalized spacial score (nSPS) is 10.8. The van der Waals surface area contributed by atoms with Gasteiger partial charge < -0.3 is 14.1 Å². The SMILES string of the molecule is COc1ccc(CSc2nnc(-c3ccc[nH]3)o2)cc1Br. The summed E-state index contributed by atoms with van der Waals surface area (Å²) in [7, 11) is 1.65. The molecule has 3 aromatic rings. The predicted molar refractivity (Wildman–Crippen MR) is 84.3 cm³/mol. The Morgan fingerprint density at radius 2 is 2.24 bits per heavy atom. The molecule has 2 heterocycles. The van der Waals surface area contributed by atoms with E-state index < -0.39 is 0 Å². The van der Waals surface area contributed by atoms with Crippen LogP contribution in [0, 0.1) is 0 Å². The molecule has 0 saturated carbocycles. The Morgan fingerprint density at radius 1 is 1.33 bits per heavy atom. The number of aromatic amines is 1.